The van der Waals surface area contributed by atoms with E-state index in [1.807, 2.05) is 0 Å². The Morgan fingerprint density at radius 3 is 2.71 bits per heavy atom. The molecule has 0 saturated carbocycles. The van der Waals surface area contributed by atoms with Crippen LogP contribution in [0.2, 0.25) is 0 Å². The Kier molecular flexibility index (Phi) is 6.23. The molecular weight excluding hydrogens is 208 g/mol. The monoisotopic (exact) mass is 234 g/mol. The predicted octanol–water partition coefficient (Wildman–Crippen LogP) is 2.42. The summed E-state index contributed by atoms with van der Waals surface area (Å²) >= 11 is 0. The molecule has 0 radical (unpaired) electrons. The number of nitrogens with one attached hydrogen (secondary N) is 1. The van der Waals surface area contributed by atoms with E-state index in [4.69, 9.17) is 5.73 Å². The molecule has 1 unspecified atom stereocenters. The maximum absolute atomic E-state index is 5.59. The van der Waals surface area contributed by atoms with E-state index in [0.29, 0.717) is 5.92 Å². The first-order chi connectivity index (χ1) is 8.13. The van der Waals surface area contributed by atoms with E-state index in [9.17, 15) is 0 Å². The van der Waals surface area contributed by atoms with Gasteiger partial charge in [-0.3, -0.25) is 0 Å². The first kappa shape index (κ1) is 14.2. The van der Waals surface area contributed by atoms with Gasteiger partial charge in [0.1, 0.15) is 0 Å². The number of hydrogen-bond donors (Lipinski definition) is 2. The summed E-state index contributed by atoms with van der Waals surface area (Å²) in [5, 5.41) is 3.49. The van der Waals surface area contributed by atoms with Crippen molar-refractivity contribution in [2.45, 2.75) is 33.6 Å². The van der Waals surface area contributed by atoms with E-state index in [0.717, 1.165) is 26.1 Å². The van der Waals surface area contributed by atoms with E-state index in [-0.39, 0.29) is 0 Å². The van der Waals surface area contributed by atoms with Crippen LogP contribution in [0.25, 0.3) is 0 Å². The van der Waals surface area contributed by atoms with Gasteiger partial charge in [-0.1, -0.05) is 30.7 Å². The van der Waals surface area contributed by atoms with Crippen LogP contribution in [0.3, 0.4) is 0 Å². The van der Waals surface area contributed by atoms with Crippen molar-refractivity contribution in [3.63, 3.8) is 0 Å². The third-order valence-corrected chi connectivity index (χ3v) is 3.29. The van der Waals surface area contributed by atoms with Gasteiger partial charge in [-0.2, -0.15) is 0 Å². The molecule has 0 aliphatic rings. The van der Waals surface area contributed by atoms with Crippen molar-refractivity contribution in [3.8, 4) is 0 Å². The minimum absolute atomic E-state index is 0.628. The van der Waals surface area contributed by atoms with Gasteiger partial charge >= 0.3 is 0 Å². The topological polar surface area (TPSA) is 38.0 Å². The molecule has 0 bridgehead atoms. The van der Waals surface area contributed by atoms with Gasteiger partial charge in [0.15, 0.2) is 0 Å². The van der Waals surface area contributed by atoms with Crippen molar-refractivity contribution in [3.05, 3.63) is 34.9 Å². The molecule has 0 aromatic heterocycles. The number of hydrogen-bond acceptors (Lipinski definition) is 2. The van der Waals surface area contributed by atoms with Crippen LogP contribution in [0, 0.1) is 19.8 Å². The summed E-state index contributed by atoms with van der Waals surface area (Å²) in [7, 11) is 0. The number of benzene rings is 1. The summed E-state index contributed by atoms with van der Waals surface area (Å²) in [4.78, 5) is 0. The summed E-state index contributed by atoms with van der Waals surface area (Å²) < 4.78 is 0. The molecule has 3 N–H and O–H groups in total. The Morgan fingerprint density at radius 1 is 1.24 bits per heavy atom. The minimum Gasteiger partial charge on any atom is -0.330 e. The molecular formula is C15H26N2. The van der Waals surface area contributed by atoms with Crippen LogP contribution in [-0.2, 0) is 6.42 Å². The molecule has 0 heterocycles. The Balaban J connectivity index is 2.24. The fourth-order valence-electron chi connectivity index (χ4n) is 1.88. The van der Waals surface area contributed by atoms with Crippen molar-refractivity contribution >= 4 is 0 Å². The van der Waals surface area contributed by atoms with Crippen LogP contribution in [0.15, 0.2) is 18.2 Å². The van der Waals surface area contributed by atoms with Crippen LogP contribution >= 0.6 is 0 Å². The fourth-order valence-corrected chi connectivity index (χ4v) is 1.88. The average molecular weight is 234 g/mol. The van der Waals surface area contributed by atoms with E-state index in [1.54, 1.807) is 0 Å². The molecule has 17 heavy (non-hydrogen) atoms. The van der Waals surface area contributed by atoms with Gasteiger partial charge in [-0.05, 0) is 63.4 Å². The van der Waals surface area contributed by atoms with Gasteiger partial charge in [-0.25, -0.2) is 0 Å². The molecule has 2 nitrogen and oxygen atoms in total. The summed E-state index contributed by atoms with van der Waals surface area (Å²) in [6.07, 6.45) is 2.29. The van der Waals surface area contributed by atoms with Crippen LogP contribution < -0.4 is 11.1 Å². The largest absolute Gasteiger partial charge is 0.330 e. The Labute approximate surface area is 106 Å². The average Bonchev–Trinajstić information content (AvgIpc) is 2.32. The van der Waals surface area contributed by atoms with Crippen molar-refractivity contribution in [1.29, 1.82) is 0 Å². The highest BCUT2D eigenvalue weighted by Crippen LogP contribution is 2.10. The fraction of sp³-hybridized carbons (Fsp3) is 0.600. The number of aryl methyl sites for hydroxylation is 2. The number of nitrogens with two attached hydrogens (primary N) is 1. The summed E-state index contributed by atoms with van der Waals surface area (Å²) in [5.41, 5.74) is 9.79. The molecule has 0 spiro atoms. The van der Waals surface area contributed by atoms with Crippen LogP contribution in [0.1, 0.15) is 30.0 Å². The van der Waals surface area contributed by atoms with Crippen LogP contribution in [-0.4, -0.2) is 19.6 Å². The lowest BCUT2D eigenvalue weighted by molar-refractivity contribution is 0.511. The summed E-state index contributed by atoms with van der Waals surface area (Å²) in [6, 6.07) is 6.68. The zero-order valence-corrected chi connectivity index (χ0v) is 11.4. The zero-order chi connectivity index (χ0) is 12.7. The highest BCUT2D eigenvalue weighted by molar-refractivity contribution is 5.30. The summed E-state index contributed by atoms with van der Waals surface area (Å²) in [6.45, 7) is 9.46. The van der Waals surface area contributed by atoms with Gasteiger partial charge in [0, 0.05) is 0 Å². The highest BCUT2D eigenvalue weighted by atomic mass is 14.8. The second-order valence-electron chi connectivity index (χ2n) is 5.06. The maximum atomic E-state index is 5.59. The van der Waals surface area contributed by atoms with Gasteiger partial charge < -0.3 is 11.1 Å². The van der Waals surface area contributed by atoms with Crippen molar-refractivity contribution in [2.75, 3.05) is 19.6 Å². The molecule has 0 fully saturated rings. The third-order valence-electron chi connectivity index (χ3n) is 3.29. The Bertz CT molecular complexity index is 334. The SMILES string of the molecule is Cc1ccc(C)c(CCNCCC(C)CN)c1. The van der Waals surface area contributed by atoms with Gasteiger partial charge in [0.05, 0.1) is 0 Å². The maximum Gasteiger partial charge on any atom is -0.000825 e. The van der Waals surface area contributed by atoms with Gasteiger partial charge in [-0.15, -0.1) is 0 Å². The normalized spacial score (nSPS) is 12.7. The first-order valence-corrected chi connectivity index (χ1v) is 6.60. The second-order valence-corrected chi connectivity index (χ2v) is 5.06. The molecule has 0 aliphatic heterocycles. The smallest absolute Gasteiger partial charge is 0.000825 e. The van der Waals surface area contributed by atoms with Crippen molar-refractivity contribution < 1.29 is 0 Å². The molecule has 1 atom stereocenters. The van der Waals surface area contributed by atoms with Crippen molar-refractivity contribution in [1.82, 2.24) is 5.32 Å². The molecule has 1 aromatic rings. The molecule has 2 heteroatoms. The van der Waals surface area contributed by atoms with Gasteiger partial charge in [0.2, 0.25) is 0 Å². The molecule has 1 rings (SSSR count). The molecule has 96 valence electrons. The lowest BCUT2D eigenvalue weighted by Gasteiger charge is -2.10. The van der Waals surface area contributed by atoms with Gasteiger partial charge in [0.25, 0.3) is 0 Å². The highest BCUT2D eigenvalue weighted by Gasteiger charge is 2.00. The standard InChI is InChI=1S/C15H26N2/c1-12-4-5-14(3)15(10-12)7-9-17-8-6-13(2)11-16/h4-5,10,13,17H,6-9,11,16H2,1-3H3. The molecule has 0 amide bonds. The first-order valence-electron chi connectivity index (χ1n) is 6.60. The third kappa shape index (κ3) is 5.33. The predicted molar refractivity (Wildman–Crippen MR) is 75.3 cm³/mol. The second kappa shape index (κ2) is 7.46. The van der Waals surface area contributed by atoms with Crippen LogP contribution in [0.5, 0.6) is 0 Å². The minimum atomic E-state index is 0.628. The molecule has 0 saturated heterocycles. The Hall–Kier alpha value is -0.860. The zero-order valence-electron chi connectivity index (χ0n) is 11.4. The van der Waals surface area contributed by atoms with Crippen LogP contribution in [0.4, 0.5) is 0 Å². The lowest BCUT2D eigenvalue weighted by Crippen LogP contribution is -2.22. The molecule has 1 aromatic carbocycles. The Morgan fingerprint density at radius 2 is 2.00 bits per heavy atom. The van der Waals surface area contributed by atoms with E-state index in [1.165, 1.54) is 23.1 Å². The number of rotatable bonds is 7. The lowest BCUT2D eigenvalue weighted by atomic mass is 10.0. The van der Waals surface area contributed by atoms with E-state index < -0.39 is 0 Å². The summed E-state index contributed by atoms with van der Waals surface area (Å²) in [5.74, 6) is 0.628. The van der Waals surface area contributed by atoms with Crippen molar-refractivity contribution in [2.24, 2.45) is 11.7 Å². The molecule has 0 aliphatic carbocycles. The van der Waals surface area contributed by atoms with E-state index in [2.05, 4.69) is 44.3 Å². The van der Waals surface area contributed by atoms with E-state index >= 15 is 0 Å². The quantitative estimate of drug-likeness (QED) is 0.711.